The maximum absolute atomic E-state index is 7.14. The first-order chi connectivity index (χ1) is 34.4. The lowest BCUT2D eigenvalue weighted by molar-refractivity contribution is 0.418. The normalized spacial score (nSPS) is 13.4. The van der Waals surface area contributed by atoms with E-state index >= 15 is 0 Å². The monoisotopic (exact) mass is 901 g/mol. The van der Waals surface area contributed by atoms with Gasteiger partial charge in [-0.25, -0.2) is 0 Å². The van der Waals surface area contributed by atoms with Crippen molar-refractivity contribution in [2.75, 3.05) is 14.7 Å². The van der Waals surface area contributed by atoms with Gasteiger partial charge in [0, 0.05) is 73.8 Å². The third-order valence-corrected chi connectivity index (χ3v) is 14.4. The molecule has 0 aliphatic carbocycles. The molecule has 0 fully saturated rings. The highest BCUT2D eigenvalue weighted by Crippen LogP contribution is 2.51. The van der Waals surface area contributed by atoms with Gasteiger partial charge in [-0.05, 0) is 138 Å². The van der Waals surface area contributed by atoms with Crippen molar-refractivity contribution >= 4 is 74.3 Å². The van der Waals surface area contributed by atoms with E-state index in [1.807, 2.05) is 6.07 Å². The van der Waals surface area contributed by atoms with E-state index in [0.29, 0.717) is 0 Å². The molecule has 0 saturated carbocycles. The van der Waals surface area contributed by atoms with Gasteiger partial charge in [0.2, 0.25) is 0 Å². The third-order valence-electron chi connectivity index (χ3n) is 14.4. The van der Waals surface area contributed by atoms with Crippen molar-refractivity contribution in [1.82, 2.24) is 0 Å². The summed E-state index contributed by atoms with van der Waals surface area (Å²) in [6, 6.07) is 84.9. The van der Waals surface area contributed by atoms with E-state index in [4.69, 9.17) is 9.47 Å². The van der Waals surface area contributed by atoms with Gasteiger partial charge in [-0.3, -0.25) is 0 Å². The lowest BCUT2D eigenvalue weighted by atomic mass is 9.34. The van der Waals surface area contributed by atoms with Crippen LogP contribution in [0.2, 0.25) is 0 Å². The van der Waals surface area contributed by atoms with Gasteiger partial charge in [0.1, 0.15) is 23.0 Å². The number of hydrogen-bond acceptors (Lipinski definition) is 5. The molecule has 334 valence electrons. The summed E-state index contributed by atoms with van der Waals surface area (Å²) < 4.78 is 13.7. The van der Waals surface area contributed by atoms with Crippen molar-refractivity contribution in [3.63, 3.8) is 0 Å². The van der Waals surface area contributed by atoms with Crippen LogP contribution in [0.4, 0.5) is 51.2 Å². The molecule has 10 aromatic carbocycles. The number of hydrogen-bond donors (Lipinski definition) is 0. The largest absolute Gasteiger partial charge is 0.458 e. The number of para-hydroxylation sites is 3. The van der Waals surface area contributed by atoms with Crippen LogP contribution in [0.15, 0.2) is 237 Å². The van der Waals surface area contributed by atoms with Crippen molar-refractivity contribution in [3.05, 3.63) is 253 Å². The lowest BCUT2D eigenvalue weighted by Gasteiger charge is -2.41. The van der Waals surface area contributed by atoms with Crippen molar-refractivity contribution < 1.29 is 9.47 Å². The maximum atomic E-state index is 7.14. The molecule has 0 amide bonds. The zero-order chi connectivity index (χ0) is 46.9. The van der Waals surface area contributed by atoms with Crippen LogP contribution < -0.4 is 40.6 Å². The molecule has 0 atom stereocenters. The van der Waals surface area contributed by atoms with Crippen molar-refractivity contribution in [2.45, 2.75) is 26.2 Å². The predicted octanol–water partition coefficient (Wildman–Crippen LogP) is 15.4. The van der Waals surface area contributed by atoms with E-state index in [1.54, 1.807) is 0 Å². The topological polar surface area (TPSA) is 28.2 Å². The van der Waals surface area contributed by atoms with E-state index in [1.165, 1.54) is 22.2 Å². The summed E-state index contributed by atoms with van der Waals surface area (Å²) in [5.74, 6) is 3.48. The molecule has 3 aliphatic heterocycles. The van der Waals surface area contributed by atoms with Gasteiger partial charge in [-0.1, -0.05) is 147 Å². The molecule has 13 rings (SSSR count). The molecule has 10 aromatic rings. The molecule has 0 unspecified atom stereocenters. The number of ether oxygens (including phenoxy) is 2. The molecule has 5 nitrogen and oxygen atoms in total. The Labute approximate surface area is 410 Å². The van der Waals surface area contributed by atoms with E-state index in [-0.39, 0.29) is 12.1 Å². The number of benzene rings is 10. The van der Waals surface area contributed by atoms with Crippen molar-refractivity contribution in [1.29, 1.82) is 0 Å². The number of rotatable bonds is 8. The molecule has 70 heavy (non-hydrogen) atoms. The fourth-order valence-corrected chi connectivity index (χ4v) is 11.0. The van der Waals surface area contributed by atoms with E-state index in [2.05, 4.69) is 266 Å². The first-order valence-electron chi connectivity index (χ1n) is 24.1. The minimum absolute atomic E-state index is 0.0861. The van der Waals surface area contributed by atoms with Crippen molar-refractivity contribution in [3.8, 4) is 34.1 Å². The highest BCUT2D eigenvalue weighted by molar-refractivity contribution is 6.99. The summed E-state index contributed by atoms with van der Waals surface area (Å²) >= 11 is 0. The van der Waals surface area contributed by atoms with E-state index in [0.717, 1.165) is 96.2 Å². The van der Waals surface area contributed by atoms with Crippen LogP contribution in [0.25, 0.3) is 11.1 Å². The lowest BCUT2D eigenvalue weighted by Crippen LogP contribution is -2.59. The Kier molecular flexibility index (Phi) is 9.77. The van der Waals surface area contributed by atoms with Crippen LogP contribution in [0.1, 0.15) is 30.5 Å². The fourth-order valence-electron chi connectivity index (χ4n) is 11.0. The molecule has 0 bridgehead atoms. The van der Waals surface area contributed by atoms with Gasteiger partial charge in [-0.15, -0.1) is 0 Å². The second kappa shape index (κ2) is 16.5. The van der Waals surface area contributed by atoms with Crippen LogP contribution in [-0.4, -0.2) is 6.71 Å². The summed E-state index contributed by atoms with van der Waals surface area (Å²) in [7, 11) is 0. The summed E-state index contributed by atoms with van der Waals surface area (Å²) in [6.45, 7) is 6.64. The summed E-state index contributed by atoms with van der Waals surface area (Å²) in [5.41, 5.74) is 18.8. The summed E-state index contributed by atoms with van der Waals surface area (Å²) in [6.07, 6.45) is 0. The Bertz CT molecular complexity index is 3560. The van der Waals surface area contributed by atoms with Crippen LogP contribution in [-0.2, 0) is 5.41 Å². The Morgan fingerprint density at radius 3 is 1.64 bits per heavy atom. The molecule has 0 radical (unpaired) electrons. The molecule has 6 heteroatoms. The highest BCUT2D eigenvalue weighted by atomic mass is 16.5. The molecule has 3 heterocycles. The zero-order valence-electron chi connectivity index (χ0n) is 39.3. The maximum Gasteiger partial charge on any atom is 0.256 e. The Balaban J connectivity index is 0.971. The second-order valence-electron chi connectivity index (χ2n) is 19.0. The third kappa shape index (κ3) is 6.86. The van der Waals surface area contributed by atoms with Crippen LogP contribution >= 0.6 is 0 Å². The smallest absolute Gasteiger partial charge is 0.256 e. The Morgan fingerprint density at radius 1 is 0.386 bits per heavy atom. The van der Waals surface area contributed by atoms with Crippen LogP contribution in [0, 0.1) is 6.92 Å². The molecule has 0 aromatic heterocycles. The van der Waals surface area contributed by atoms with E-state index < -0.39 is 0 Å². The summed E-state index contributed by atoms with van der Waals surface area (Å²) in [5, 5.41) is 0. The zero-order valence-corrected chi connectivity index (χ0v) is 39.3. The molecular weight excluding hydrogens is 854 g/mol. The molecule has 0 spiro atoms. The number of anilines is 9. The van der Waals surface area contributed by atoms with Crippen molar-refractivity contribution in [2.24, 2.45) is 0 Å². The van der Waals surface area contributed by atoms with Gasteiger partial charge in [-0.2, -0.15) is 0 Å². The Morgan fingerprint density at radius 2 is 0.914 bits per heavy atom. The number of nitrogens with zero attached hydrogens (tertiary/aromatic N) is 3. The van der Waals surface area contributed by atoms with Gasteiger partial charge in [0.15, 0.2) is 0 Å². The average Bonchev–Trinajstić information content (AvgIpc) is 3.40. The minimum Gasteiger partial charge on any atom is -0.458 e. The highest BCUT2D eigenvalue weighted by Gasteiger charge is 2.42. The number of aryl methyl sites for hydroxylation is 1. The second-order valence-corrected chi connectivity index (χ2v) is 19.0. The minimum atomic E-state index is -0.288. The first kappa shape index (κ1) is 41.5. The SMILES string of the molecule is Cc1ccc(N2c3cc(N(c4ccccc4)c4ccccc4)ccc3B3c4ccc(N(c5ccc(-c6ccccc6)cc5)c5ccc6c(c5)C(C)(C)c5ccccc5O6)cc4Oc4cccc2c43)cc1. The van der Waals surface area contributed by atoms with Gasteiger partial charge < -0.3 is 24.2 Å². The van der Waals surface area contributed by atoms with E-state index in [9.17, 15) is 0 Å². The quantitative estimate of drug-likeness (QED) is 0.142. The molecule has 3 aliphatic rings. The molecule has 0 N–H and O–H groups in total. The predicted molar refractivity (Wildman–Crippen MR) is 290 cm³/mol. The van der Waals surface area contributed by atoms with Gasteiger partial charge >= 0.3 is 0 Å². The fraction of sp³-hybridized carbons (Fsp3) is 0.0625. The summed E-state index contributed by atoms with van der Waals surface area (Å²) in [4.78, 5) is 7.12. The standard InChI is InChI=1S/C64H48BN3O2/c1-43-26-30-49(31-27-43)68-57-23-15-25-61-63(57)65(55-37-34-51(41-58(55)68)66(46-18-9-5-10-19-46)47-20-11-6-12-21-47)56-38-35-52(42-62(56)70-61)67(48-32-28-45(29-33-48)44-16-7-4-8-17-44)50-36-39-60-54(40-50)64(2,3)53-22-13-14-24-59(53)69-60/h4-42H,1-3H3. The van der Waals surface area contributed by atoms with Gasteiger partial charge in [0.25, 0.3) is 6.71 Å². The Hall–Kier alpha value is -8.74. The molecule has 0 saturated heterocycles. The average molecular weight is 902 g/mol. The molecular formula is C64H48BN3O2. The van der Waals surface area contributed by atoms with Crippen LogP contribution in [0.3, 0.4) is 0 Å². The van der Waals surface area contributed by atoms with Gasteiger partial charge in [0.05, 0.1) is 0 Å². The number of fused-ring (bicyclic) bond motifs is 6. The van der Waals surface area contributed by atoms with Crippen LogP contribution in [0.5, 0.6) is 23.0 Å². The first-order valence-corrected chi connectivity index (χ1v) is 24.1.